The van der Waals surface area contributed by atoms with E-state index >= 15 is 0 Å². The lowest BCUT2D eigenvalue weighted by Crippen LogP contribution is -2.24. The van der Waals surface area contributed by atoms with Crippen molar-refractivity contribution in [2.75, 3.05) is 11.1 Å². The number of hydrogen-bond donors (Lipinski definition) is 1. The first-order valence-corrected chi connectivity index (χ1v) is 8.64. The standard InChI is InChI=1S/C15H19N3O2S2/c1-10-6-5-7-11(8-10)16-13-17-18-14(22-13)21-9-12(19)20-15(2,3)4/h5-8H,9H2,1-4H3,(H,16,17). The van der Waals surface area contributed by atoms with E-state index in [1.54, 1.807) is 0 Å². The Hall–Kier alpha value is -1.60. The van der Waals surface area contributed by atoms with Gasteiger partial charge in [-0.05, 0) is 45.4 Å². The van der Waals surface area contributed by atoms with Crippen molar-refractivity contribution < 1.29 is 9.53 Å². The van der Waals surface area contributed by atoms with Gasteiger partial charge in [-0.15, -0.1) is 10.2 Å². The maximum absolute atomic E-state index is 11.7. The number of nitrogens with one attached hydrogen (secondary N) is 1. The molecule has 2 rings (SSSR count). The number of carbonyl (C=O) groups excluding carboxylic acids is 1. The predicted molar refractivity (Wildman–Crippen MR) is 90.9 cm³/mol. The van der Waals surface area contributed by atoms with Crippen molar-refractivity contribution in [3.8, 4) is 0 Å². The van der Waals surface area contributed by atoms with E-state index in [9.17, 15) is 4.79 Å². The average Bonchev–Trinajstić information content (AvgIpc) is 2.82. The first kappa shape index (κ1) is 16.8. The fourth-order valence-electron chi connectivity index (χ4n) is 1.66. The number of anilines is 2. The van der Waals surface area contributed by atoms with Crippen LogP contribution in [0.3, 0.4) is 0 Å². The number of ether oxygens (including phenoxy) is 1. The second-order valence-corrected chi connectivity index (χ2v) is 7.94. The van der Waals surface area contributed by atoms with Crippen molar-refractivity contribution in [2.45, 2.75) is 37.6 Å². The number of benzene rings is 1. The fraction of sp³-hybridized carbons (Fsp3) is 0.400. The van der Waals surface area contributed by atoms with Gasteiger partial charge in [0.05, 0.1) is 5.75 Å². The minimum absolute atomic E-state index is 0.232. The quantitative estimate of drug-likeness (QED) is 0.656. The van der Waals surface area contributed by atoms with Crippen LogP contribution >= 0.6 is 23.1 Å². The average molecular weight is 337 g/mol. The third-order valence-electron chi connectivity index (χ3n) is 2.41. The van der Waals surface area contributed by atoms with Gasteiger partial charge in [0.1, 0.15) is 5.60 Å². The lowest BCUT2D eigenvalue weighted by atomic mass is 10.2. The monoisotopic (exact) mass is 337 g/mol. The highest BCUT2D eigenvalue weighted by Gasteiger charge is 2.17. The predicted octanol–water partition coefficient (Wildman–Crippen LogP) is 4.02. The van der Waals surface area contributed by atoms with Crippen LogP contribution in [-0.2, 0) is 9.53 Å². The summed E-state index contributed by atoms with van der Waals surface area (Å²) in [6.07, 6.45) is 0. The molecule has 0 bridgehead atoms. The summed E-state index contributed by atoms with van der Waals surface area (Å²) >= 11 is 2.75. The molecule has 0 saturated heterocycles. The maximum atomic E-state index is 11.7. The molecule has 0 aliphatic carbocycles. The molecule has 22 heavy (non-hydrogen) atoms. The van der Waals surface area contributed by atoms with E-state index in [1.165, 1.54) is 28.7 Å². The zero-order valence-corrected chi connectivity index (χ0v) is 14.7. The minimum atomic E-state index is -0.462. The van der Waals surface area contributed by atoms with Gasteiger partial charge < -0.3 is 10.1 Å². The van der Waals surface area contributed by atoms with Crippen LogP contribution in [0.4, 0.5) is 10.8 Å². The van der Waals surface area contributed by atoms with Gasteiger partial charge in [0.2, 0.25) is 5.13 Å². The van der Waals surface area contributed by atoms with Crippen molar-refractivity contribution in [2.24, 2.45) is 0 Å². The Bertz CT molecular complexity index is 650. The highest BCUT2D eigenvalue weighted by atomic mass is 32.2. The maximum Gasteiger partial charge on any atom is 0.316 e. The van der Waals surface area contributed by atoms with Gasteiger partial charge in [-0.1, -0.05) is 35.2 Å². The van der Waals surface area contributed by atoms with Crippen LogP contribution in [-0.4, -0.2) is 27.5 Å². The Kier molecular flexibility index (Phi) is 5.42. The number of hydrogen-bond acceptors (Lipinski definition) is 7. The van der Waals surface area contributed by atoms with Gasteiger partial charge in [0, 0.05) is 5.69 Å². The first-order valence-electron chi connectivity index (χ1n) is 6.84. The molecular formula is C15H19N3O2S2. The highest BCUT2D eigenvalue weighted by molar-refractivity contribution is 8.01. The van der Waals surface area contributed by atoms with Crippen LogP contribution in [0.5, 0.6) is 0 Å². The summed E-state index contributed by atoms with van der Waals surface area (Å²) in [5.74, 6) is -0.0167. The van der Waals surface area contributed by atoms with E-state index in [0.29, 0.717) is 5.13 Å². The second-order valence-electron chi connectivity index (χ2n) is 5.74. The number of esters is 1. The summed E-state index contributed by atoms with van der Waals surface area (Å²) in [7, 11) is 0. The van der Waals surface area contributed by atoms with Crippen molar-refractivity contribution >= 4 is 39.9 Å². The summed E-state index contributed by atoms with van der Waals surface area (Å²) in [4.78, 5) is 11.7. The van der Waals surface area contributed by atoms with Gasteiger partial charge >= 0.3 is 5.97 Å². The Morgan fingerprint density at radius 3 is 2.82 bits per heavy atom. The second kappa shape index (κ2) is 7.11. The van der Waals surface area contributed by atoms with Crippen LogP contribution in [0.15, 0.2) is 28.6 Å². The fourth-order valence-corrected chi connectivity index (χ4v) is 3.20. The molecule has 1 aromatic carbocycles. The molecule has 0 atom stereocenters. The largest absolute Gasteiger partial charge is 0.459 e. The normalized spacial score (nSPS) is 11.3. The van der Waals surface area contributed by atoms with E-state index in [1.807, 2.05) is 52.0 Å². The summed E-state index contributed by atoms with van der Waals surface area (Å²) in [5.41, 5.74) is 1.69. The lowest BCUT2D eigenvalue weighted by Gasteiger charge is -2.18. The topological polar surface area (TPSA) is 64.1 Å². The molecule has 2 aromatic rings. The van der Waals surface area contributed by atoms with Crippen LogP contribution in [0.25, 0.3) is 0 Å². The third-order valence-corrected chi connectivity index (χ3v) is 4.35. The Balaban J connectivity index is 1.88. The number of aromatic nitrogens is 2. The van der Waals surface area contributed by atoms with Crippen molar-refractivity contribution in [1.82, 2.24) is 10.2 Å². The number of carbonyl (C=O) groups is 1. The molecular weight excluding hydrogens is 318 g/mol. The molecule has 0 radical (unpaired) electrons. The Morgan fingerprint density at radius 1 is 1.36 bits per heavy atom. The molecule has 5 nitrogen and oxygen atoms in total. The molecule has 0 fully saturated rings. The van der Waals surface area contributed by atoms with E-state index in [2.05, 4.69) is 15.5 Å². The van der Waals surface area contributed by atoms with E-state index in [0.717, 1.165) is 10.0 Å². The van der Waals surface area contributed by atoms with Gasteiger partial charge in [-0.3, -0.25) is 4.79 Å². The lowest BCUT2D eigenvalue weighted by molar-refractivity contribution is -0.151. The SMILES string of the molecule is Cc1cccc(Nc2nnc(SCC(=O)OC(C)(C)C)s2)c1. The summed E-state index contributed by atoms with van der Waals surface area (Å²) in [6, 6.07) is 8.03. The van der Waals surface area contributed by atoms with Gasteiger partial charge in [-0.25, -0.2) is 0 Å². The van der Waals surface area contributed by atoms with Gasteiger partial charge in [0.15, 0.2) is 4.34 Å². The third kappa shape index (κ3) is 5.65. The highest BCUT2D eigenvalue weighted by Crippen LogP contribution is 2.28. The molecule has 1 heterocycles. The van der Waals surface area contributed by atoms with Gasteiger partial charge in [-0.2, -0.15) is 0 Å². The van der Waals surface area contributed by atoms with Crippen LogP contribution in [0.2, 0.25) is 0 Å². The number of nitrogens with zero attached hydrogens (tertiary/aromatic N) is 2. The number of thioether (sulfide) groups is 1. The molecule has 0 unspecified atom stereocenters. The van der Waals surface area contributed by atoms with Crippen LogP contribution in [0, 0.1) is 6.92 Å². The zero-order chi connectivity index (χ0) is 16.2. The van der Waals surface area contributed by atoms with Gasteiger partial charge in [0.25, 0.3) is 0 Å². The summed E-state index contributed by atoms with van der Waals surface area (Å²) in [6.45, 7) is 7.59. The smallest absolute Gasteiger partial charge is 0.316 e. The molecule has 1 aromatic heterocycles. The Morgan fingerprint density at radius 2 is 2.14 bits per heavy atom. The van der Waals surface area contributed by atoms with Crippen molar-refractivity contribution in [1.29, 1.82) is 0 Å². The zero-order valence-electron chi connectivity index (χ0n) is 13.0. The van der Waals surface area contributed by atoms with E-state index < -0.39 is 5.60 Å². The number of rotatable bonds is 5. The molecule has 0 aliphatic heterocycles. The van der Waals surface area contributed by atoms with Crippen molar-refractivity contribution in [3.05, 3.63) is 29.8 Å². The molecule has 7 heteroatoms. The molecule has 0 spiro atoms. The number of aryl methyl sites for hydroxylation is 1. The van der Waals surface area contributed by atoms with E-state index in [4.69, 9.17) is 4.74 Å². The molecule has 0 aliphatic rings. The molecule has 118 valence electrons. The Labute approximate surface area is 138 Å². The van der Waals surface area contributed by atoms with Crippen LogP contribution < -0.4 is 5.32 Å². The molecule has 1 N–H and O–H groups in total. The molecule has 0 amide bonds. The first-order chi connectivity index (χ1) is 10.3. The minimum Gasteiger partial charge on any atom is -0.459 e. The van der Waals surface area contributed by atoms with E-state index in [-0.39, 0.29) is 11.7 Å². The summed E-state index contributed by atoms with van der Waals surface area (Å²) in [5, 5.41) is 12.1. The van der Waals surface area contributed by atoms with Crippen LogP contribution in [0.1, 0.15) is 26.3 Å². The summed E-state index contributed by atoms with van der Waals surface area (Å²) < 4.78 is 5.99. The van der Waals surface area contributed by atoms with Crippen molar-refractivity contribution in [3.63, 3.8) is 0 Å². The molecule has 0 saturated carbocycles.